The predicted octanol–water partition coefficient (Wildman–Crippen LogP) is 4.52. The summed E-state index contributed by atoms with van der Waals surface area (Å²) in [5, 5.41) is 0. The summed E-state index contributed by atoms with van der Waals surface area (Å²) in [4.78, 5) is 25.3. The highest BCUT2D eigenvalue weighted by atomic mass is 16.7. The Kier molecular flexibility index (Phi) is 6.17. The number of fused-ring (bicyclic) bond motifs is 1. The van der Waals surface area contributed by atoms with Crippen LogP contribution in [0, 0.1) is 0 Å². The molecule has 4 rings (SSSR count). The van der Waals surface area contributed by atoms with Crippen LogP contribution in [0.5, 0.6) is 17.2 Å². The smallest absolute Gasteiger partial charge is 0.313 e. The number of rotatable bonds is 8. The van der Waals surface area contributed by atoms with Gasteiger partial charge >= 0.3 is 5.97 Å². The molecule has 0 saturated carbocycles. The summed E-state index contributed by atoms with van der Waals surface area (Å²) in [6.45, 7) is 0.585. The molecule has 0 amide bonds. The second-order valence-electron chi connectivity index (χ2n) is 7.11. The molecule has 1 aliphatic heterocycles. The molecule has 3 aromatic carbocycles. The van der Waals surface area contributed by atoms with Crippen LogP contribution < -0.4 is 14.2 Å². The Morgan fingerprint density at radius 3 is 2.42 bits per heavy atom. The number of hydrogen-bond donors (Lipinski definition) is 0. The Morgan fingerprint density at radius 2 is 1.68 bits per heavy atom. The Morgan fingerprint density at radius 1 is 0.935 bits per heavy atom. The minimum Gasteiger partial charge on any atom is -0.489 e. The SMILES string of the molecule is COC(=O)C(CC(=O)c1ccc(OCc2ccccc2)cc1)c1ccc2c(c1)OCO2. The molecule has 3 aromatic rings. The first-order valence-electron chi connectivity index (χ1n) is 9.91. The predicted molar refractivity (Wildman–Crippen MR) is 113 cm³/mol. The molecule has 0 saturated heterocycles. The van der Waals surface area contributed by atoms with Gasteiger partial charge in [0.15, 0.2) is 17.3 Å². The molecular weight excluding hydrogens is 396 g/mol. The van der Waals surface area contributed by atoms with Crippen LogP contribution in [0.1, 0.15) is 33.8 Å². The van der Waals surface area contributed by atoms with E-state index in [2.05, 4.69) is 0 Å². The number of ketones is 1. The third kappa shape index (κ3) is 4.86. The molecular formula is C25H22O6. The molecule has 0 bridgehead atoms. The summed E-state index contributed by atoms with van der Waals surface area (Å²) in [6, 6.07) is 22.0. The van der Waals surface area contributed by atoms with Crippen molar-refractivity contribution in [2.24, 2.45) is 0 Å². The molecule has 0 radical (unpaired) electrons. The van der Waals surface area contributed by atoms with Crippen LogP contribution in [0.3, 0.4) is 0 Å². The fourth-order valence-corrected chi connectivity index (χ4v) is 3.39. The van der Waals surface area contributed by atoms with E-state index in [9.17, 15) is 9.59 Å². The fourth-order valence-electron chi connectivity index (χ4n) is 3.39. The lowest BCUT2D eigenvalue weighted by Crippen LogP contribution is -2.18. The maximum Gasteiger partial charge on any atom is 0.313 e. The normalized spacial score (nSPS) is 12.8. The zero-order valence-corrected chi connectivity index (χ0v) is 17.1. The zero-order valence-electron chi connectivity index (χ0n) is 17.1. The van der Waals surface area contributed by atoms with E-state index in [1.54, 1.807) is 42.5 Å². The van der Waals surface area contributed by atoms with Crippen LogP contribution in [0.4, 0.5) is 0 Å². The van der Waals surface area contributed by atoms with Crippen molar-refractivity contribution in [1.82, 2.24) is 0 Å². The second kappa shape index (κ2) is 9.34. The number of Topliss-reactive ketones (excluding diaryl/α,β-unsaturated/α-hetero) is 1. The molecule has 0 spiro atoms. The molecule has 0 N–H and O–H groups in total. The van der Waals surface area contributed by atoms with E-state index in [1.165, 1.54) is 7.11 Å². The van der Waals surface area contributed by atoms with Crippen molar-refractivity contribution < 1.29 is 28.5 Å². The van der Waals surface area contributed by atoms with E-state index in [0.29, 0.717) is 35.0 Å². The minimum absolute atomic E-state index is 0.0173. The van der Waals surface area contributed by atoms with Gasteiger partial charge in [0.1, 0.15) is 12.4 Å². The van der Waals surface area contributed by atoms with E-state index in [-0.39, 0.29) is 19.0 Å². The average molecular weight is 418 g/mol. The molecule has 6 heteroatoms. The summed E-state index contributed by atoms with van der Waals surface area (Å²) in [5.74, 6) is 0.461. The van der Waals surface area contributed by atoms with E-state index < -0.39 is 11.9 Å². The summed E-state index contributed by atoms with van der Waals surface area (Å²) >= 11 is 0. The highest BCUT2D eigenvalue weighted by Gasteiger charge is 2.27. The van der Waals surface area contributed by atoms with Crippen molar-refractivity contribution >= 4 is 11.8 Å². The highest BCUT2D eigenvalue weighted by molar-refractivity contribution is 5.99. The summed E-state index contributed by atoms with van der Waals surface area (Å²) in [6.07, 6.45) is -0.0173. The quantitative estimate of drug-likeness (QED) is 0.396. The van der Waals surface area contributed by atoms with Crippen LogP contribution in [0.25, 0.3) is 0 Å². The van der Waals surface area contributed by atoms with Gasteiger partial charge in [-0.15, -0.1) is 0 Å². The maximum atomic E-state index is 12.9. The Bertz CT molecular complexity index is 1060. The largest absolute Gasteiger partial charge is 0.489 e. The summed E-state index contributed by atoms with van der Waals surface area (Å²) in [7, 11) is 1.31. The lowest BCUT2D eigenvalue weighted by Gasteiger charge is -2.15. The van der Waals surface area contributed by atoms with Crippen LogP contribution in [-0.4, -0.2) is 25.7 Å². The Hall–Kier alpha value is -3.80. The molecule has 0 fully saturated rings. The van der Waals surface area contributed by atoms with Crippen molar-refractivity contribution in [2.75, 3.05) is 13.9 Å². The van der Waals surface area contributed by atoms with Gasteiger partial charge in [-0.25, -0.2) is 0 Å². The van der Waals surface area contributed by atoms with Crippen LogP contribution in [-0.2, 0) is 16.1 Å². The number of esters is 1. The van der Waals surface area contributed by atoms with Gasteiger partial charge in [-0.3, -0.25) is 9.59 Å². The lowest BCUT2D eigenvalue weighted by molar-refractivity contribution is -0.142. The molecule has 0 aliphatic carbocycles. The van der Waals surface area contributed by atoms with E-state index >= 15 is 0 Å². The van der Waals surface area contributed by atoms with Crippen LogP contribution in [0.2, 0.25) is 0 Å². The molecule has 1 aliphatic rings. The standard InChI is InChI=1S/C25H22O6/c1-28-25(27)21(19-9-12-23-24(13-19)31-16-30-23)14-22(26)18-7-10-20(11-8-18)29-15-17-5-3-2-4-6-17/h2-13,21H,14-16H2,1H3. The van der Waals surface area contributed by atoms with Gasteiger partial charge in [0, 0.05) is 12.0 Å². The third-order valence-corrected chi connectivity index (χ3v) is 5.10. The molecule has 1 unspecified atom stereocenters. The first-order valence-corrected chi connectivity index (χ1v) is 9.91. The van der Waals surface area contributed by atoms with Crippen molar-refractivity contribution in [3.8, 4) is 17.2 Å². The molecule has 0 aromatic heterocycles. The van der Waals surface area contributed by atoms with E-state index in [1.807, 2.05) is 30.3 Å². The van der Waals surface area contributed by atoms with E-state index in [0.717, 1.165) is 5.56 Å². The first-order chi connectivity index (χ1) is 15.1. The van der Waals surface area contributed by atoms with Crippen molar-refractivity contribution in [1.29, 1.82) is 0 Å². The van der Waals surface area contributed by atoms with Gasteiger partial charge in [-0.05, 0) is 47.5 Å². The molecule has 31 heavy (non-hydrogen) atoms. The monoisotopic (exact) mass is 418 g/mol. The minimum atomic E-state index is -0.735. The number of carbonyl (C=O) groups excluding carboxylic acids is 2. The third-order valence-electron chi connectivity index (χ3n) is 5.10. The molecule has 1 heterocycles. The Labute approximate surface area is 180 Å². The van der Waals surface area contributed by atoms with Crippen LogP contribution >= 0.6 is 0 Å². The molecule has 6 nitrogen and oxygen atoms in total. The number of benzene rings is 3. The van der Waals surface area contributed by atoms with Gasteiger partial charge < -0.3 is 18.9 Å². The van der Waals surface area contributed by atoms with Gasteiger partial charge in [0.2, 0.25) is 6.79 Å². The zero-order chi connectivity index (χ0) is 21.6. The number of methoxy groups -OCH3 is 1. The second-order valence-corrected chi connectivity index (χ2v) is 7.11. The summed E-state index contributed by atoms with van der Waals surface area (Å²) < 4.78 is 21.4. The van der Waals surface area contributed by atoms with Gasteiger partial charge in [-0.1, -0.05) is 36.4 Å². The number of hydrogen-bond acceptors (Lipinski definition) is 6. The first kappa shape index (κ1) is 20.5. The summed E-state index contributed by atoms with van der Waals surface area (Å²) in [5.41, 5.74) is 2.21. The average Bonchev–Trinajstić information content (AvgIpc) is 3.29. The number of ether oxygens (including phenoxy) is 4. The lowest BCUT2D eigenvalue weighted by atomic mass is 9.91. The van der Waals surface area contributed by atoms with Crippen LogP contribution in [0.15, 0.2) is 72.8 Å². The maximum absolute atomic E-state index is 12.9. The Balaban J connectivity index is 1.44. The van der Waals surface area contributed by atoms with Crippen molar-refractivity contribution in [2.45, 2.75) is 18.9 Å². The molecule has 1 atom stereocenters. The molecule has 158 valence electrons. The number of carbonyl (C=O) groups is 2. The van der Waals surface area contributed by atoms with Gasteiger partial charge in [-0.2, -0.15) is 0 Å². The van der Waals surface area contributed by atoms with Crippen molar-refractivity contribution in [3.63, 3.8) is 0 Å². The van der Waals surface area contributed by atoms with Gasteiger partial charge in [0.05, 0.1) is 13.0 Å². The van der Waals surface area contributed by atoms with Gasteiger partial charge in [0.25, 0.3) is 0 Å². The van der Waals surface area contributed by atoms with E-state index in [4.69, 9.17) is 18.9 Å². The van der Waals surface area contributed by atoms with Crippen molar-refractivity contribution in [3.05, 3.63) is 89.5 Å². The highest BCUT2D eigenvalue weighted by Crippen LogP contribution is 2.36. The topological polar surface area (TPSA) is 71.1 Å². The fraction of sp³-hybridized carbons (Fsp3) is 0.200.